The molecule has 7 N–H and O–H groups in total. The van der Waals surface area contributed by atoms with Gasteiger partial charge in [-0.3, -0.25) is 0 Å². The first-order chi connectivity index (χ1) is 21.9. The van der Waals surface area contributed by atoms with Gasteiger partial charge in [-0.2, -0.15) is 0 Å². The predicted octanol–water partition coefficient (Wildman–Crippen LogP) is 5.60. The van der Waals surface area contributed by atoms with Gasteiger partial charge in [0.25, 0.3) is 0 Å². The summed E-state index contributed by atoms with van der Waals surface area (Å²) in [6.07, 6.45) is 15.8. The molecule has 7 nitrogen and oxygen atoms in total. The van der Waals surface area contributed by atoms with Gasteiger partial charge in [0.05, 0.1) is 24.6 Å². The van der Waals surface area contributed by atoms with Crippen LogP contribution in [-0.2, 0) is 12.8 Å². The number of phenolic OH excluding ortho intramolecular Hbond substituents is 1. The number of nitrogens with two attached hydrogens (primary N) is 1. The Morgan fingerprint density at radius 2 is 1.98 bits per heavy atom. The summed E-state index contributed by atoms with van der Waals surface area (Å²) in [5, 5.41) is 37.0. The Balaban J connectivity index is 1.23. The van der Waals surface area contributed by atoms with Crippen LogP contribution in [-0.4, -0.2) is 45.7 Å². The number of aryl methyl sites for hydroxylation is 1. The summed E-state index contributed by atoms with van der Waals surface area (Å²) < 4.78 is 6.31. The van der Waals surface area contributed by atoms with E-state index in [1.807, 2.05) is 30.5 Å². The molecule has 7 heteroatoms. The first kappa shape index (κ1) is 31.4. The number of allylic oxidation sites excluding steroid dienone is 4. The standard InChI is InChI=1S/C38H49N3O4/c1-2-24-6-3-4-8-33(42)38-29(10-9-24)18-27-11-12-28-20-34(43)36(23-32(28)31(27)22-35(38)44)45-17-14-26(19-30-7-5-15-40-30)25-13-16-41-37(39)21-25/h5,7,13,15,18,20-21,23-24,26,29,31,33,35,38,40-44H,2-4,6,8,11-12,14,16-17,19,22,39H2,1H3. The average Bonchev–Trinajstić information content (AvgIpc) is 3.49. The fraction of sp³-hybridized carbons (Fsp3) is 0.526. The second kappa shape index (κ2) is 14.2. The van der Waals surface area contributed by atoms with E-state index in [1.54, 1.807) is 0 Å². The number of aliphatic hydroxyl groups excluding tert-OH is 2. The maximum Gasteiger partial charge on any atom is 0.161 e. The maximum atomic E-state index is 11.6. The molecule has 3 aliphatic carbocycles. The Labute approximate surface area is 267 Å². The number of hydrogen-bond acceptors (Lipinski definition) is 6. The van der Waals surface area contributed by atoms with E-state index in [2.05, 4.69) is 47.3 Å². The smallest absolute Gasteiger partial charge is 0.161 e. The van der Waals surface area contributed by atoms with Crippen molar-refractivity contribution in [3.8, 4) is 23.3 Å². The van der Waals surface area contributed by atoms with Crippen LogP contribution in [0.25, 0.3) is 0 Å². The number of ether oxygens (including phenoxy) is 1. The number of H-pyrrole nitrogens is 1. The summed E-state index contributed by atoms with van der Waals surface area (Å²) in [6, 6.07) is 7.96. The Morgan fingerprint density at radius 3 is 2.78 bits per heavy atom. The van der Waals surface area contributed by atoms with Crippen LogP contribution in [0.4, 0.5) is 0 Å². The van der Waals surface area contributed by atoms with Crippen molar-refractivity contribution >= 4 is 0 Å². The van der Waals surface area contributed by atoms with Crippen LogP contribution in [0, 0.1) is 35.5 Å². The molecule has 240 valence electrons. The molecular weight excluding hydrogens is 562 g/mol. The van der Waals surface area contributed by atoms with Crippen molar-refractivity contribution in [2.24, 2.45) is 29.4 Å². The van der Waals surface area contributed by atoms with Gasteiger partial charge >= 0.3 is 0 Å². The quantitative estimate of drug-likeness (QED) is 0.171. The lowest BCUT2D eigenvalue weighted by Gasteiger charge is -2.32. The SMILES string of the molecule is CCC1C#CC2C=C3CCc4cc(O)c(OCCC(Cc5ccc[nH]5)C5=CCNC(N)=C5)cc4C3CC(O)C2C(O)CCCC1. The number of phenols is 1. The summed E-state index contributed by atoms with van der Waals surface area (Å²) in [5.74, 6) is 8.47. The molecule has 0 radical (unpaired) electrons. The molecule has 7 atom stereocenters. The summed E-state index contributed by atoms with van der Waals surface area (Å²) in [5.41, 5.74) is 11.9. The lowest BCUT2D eigenvalue weighted by molar-refractivity contribution is -0.00724. The van der Waals surface area contributed by atoms with Gasteiger partial charge in [-0.15, -0.1) is 0 Å². The molecule has 1 aliphatic heterocycles. The molecule has 0 amide bonds. The summed E-state index contributed by atoms with van der Waals surface area (Å²) in [6.45, 7) is 3.34. The lowest BCUT2D eigenvalue weighted by Crippen LogP contribution is -2.37. The molecule has 1 aromatic carbocycles. The molecule has 0 spiro atoms. The molecule has 45 heavy (non-hydrogen) atoms. The van der Waals surface area contributed by atoms with Gasteiger partial charge in [0.1, 0.15) is 0 Å². The van der Waals surface area contributed by atoms with Gasteiger partial charge in [0.15, 0.2) is 11.5 Å². The van der Waals surface area contributed by atoms with E-state index in [0.717, 1.165) is 68.2 Å². The third kappa shape index (κ3) is 7.29. The maximum absolute atomic E-state index is 11.6. The van der Waals surface area contributed by atoms with Gasteiger partial charge in [-0.05, 0) is 104 Å². The highest BCUT2D eigenvalue weighted by molar-refractivity contribution is 5.52. The van der Waals surface area contributed by atoms with E-state index in [1.165, 1.54) is 11.1 Å². The van der Waals surface area contributed by atoms with Gasteiger partial charge in [-0.1, -0.05) is 49.3 Å². The monoisotopic (exact) mass is 611 g/mol. The highest BCUT2D eigenvalue weighted by atomic mass is 16.5. The zero-order chi connectivity index (χ0) is 31.3. The molecule has 4 aliphatic rings. The number of aromatic nitrogens is 1. The van der Waals surface area contributed by atoms with Crippen LogP contribution in [0.3, 0.4) is 0 Å². The summed E-state index contributed by atoms with van der Waals surface area (Å²) in [7, 11) is 0. The van der Waals surface area contributed by atoms with Gasteiger partial charge in [0, 0.05) is 42.1 Å². The Morgan fingerprint density at radius 1 is 1.11 bits per heavy atom. The number of rotatable bonds is 8. The zero-order valence-electron chi connectivity index (χ0n) is 26.5. The van der Waals surface area contributed by atoms with Crippen LogP contribution in [0.1, 0.15) is 81.0 Å². The average molecular weight is 612 g/mol. The zero-order valence-corrected chi connectivity index (χ0v) is 26.5. The molecule has 6 rings (SSSR count). The molecule has 0 saturated heterocycles. The van der Waals surface area contributed by atoms with E-state index >= 15 is 0 Å². The van der Waals surface area contributed by atoms with Crippen molar-refractivity contribution in [2.75, 3.05) is 13.2 Å². The Hall–Kier alpha value is -3.60. The van der Waals surface area contributed by atoms with E-state index in [4.69, 9.17) is 10.5 Å². The number of nitrogens with one attached hydrogen (secondary N) is 2. The van der Waals surface area contributed by atoms with Crippen molar-refractivity contribution in [3.05, 3.63) is 82.5 Å². The summed E-state index contributed by atoms with van der Waals surface area (Å²) >= 11 is 0. The highest BCUT2D eigenvalue weighted by Crippen LogP contribution is 2.47. The third-order valence-electron chi connectivity index (χ3n) is 10.4. The minimum Gasteiger partial charge on any atom is -0.504 e. The van der Waals surface area contributed by atoms with Crippen LogP contribution in [0.5, 0.6) is 11.5 Å². The van der Waals surface area contributed by atoms with Gasteiger partial charge in [-0.25, -0.2) is 0 Å². The van der Waals surface area contributed by atoms with Crippen LogP contribution >= 0.6 is 0 Å². The van der Waals surface area contributed by atoms with Crippen molar-refractivity contribution < 1.29 is 20.1 Å². The van der Waals surface area contributed by atoms with E-state index in [9.17, 15) is 15.3 Å². The fourth-order valence-electron chi connectivity index (χ4n) is 7.88. The van der Waals surface area contributed by atoms with Crippen molar-refractivity contribution in [1.29, 1.82) is 0 Å². The van der Waals surface area contributed by atoms with E-state index in [-0.39, 0.29) is 29.4 Å². The number of aliphatic hydroxyl groups is 2. The molecule has 2 aromatic rings. The number of fused-ring (bicyclic) bond motifs is 4. The topological polar surface area (TPSA) is 124 Å². The first-order valence-corrected chi connectivity index (χ1v) is 17.0. The lowest BCUT2D eigenvalue weighted by atomic mass is 9.76. The third-order valence-corrected chi connectivity index (χ3v) is 10.4. The van der Waals surface area contributed by atoms with Crippen LogP contribution in [0.2, 0.25) is 0 Å². The minimum atomic E-state index is -0.672. The highest BCUT2D eigenvalue weighted by Gasteiger charge is 2.40. The van der Waals surface area contributed by atoms with Crippen molar-refractivity contribution in [2.45, 2.75) is 89.3 Å². The summed E-state index contributed by atoms with van der Waals surface area (Å²) in [4.78, 5) is 3.32. The minimum absolute atomic E-state index is 0.00827. The molecule has 0 fully saturated rings. The predicted molar refractivity (Wildman–Crippen MR) is 177 cm³/mol. The first-order valence-electron chi connectivity index (χ1n) is 17.0. The van der Waals surface area contributed by atoms with E-state index in [0.29, 0.717) is 43.5 Å². The molecule has 0 saturated carbocycles. The Kier molecular flexibility index (Phi) is 9.92. The number of aromatic amines is 1. The second-order valence-electron chi connectivity index (χ2n) is 13.4. The number of benzene rings is 1. The molecular formula is C38H49N3O4. The van der Waals surface area contributed by atoms with Crippen molar-refractivity contribution in [3.63, 3.8) is 0 Å². The van der Waals surface area contributed by atoms with Gasteiger partial charge < -0.3 is 36.1 Å². The van der Waals surface area contributed by atoms with E-state index < -0.39 is 12.2 Å². The molecule has 0 bridgehead atoms. The van der Waals surface area contributed by atoms with Crippen molar-refractivity contribution in [1.82, 2.24) is 10.3 Å². The number of dihydropyridines is 1. The number of hydrogen-bond donors (Lipinski definition) is 6. The fourth-order valence-corrected chi connectivity index (χ4v) is 7.88. The second-order valence-corrected chi connectivity index (χ2v) is 13.4. The van der Waals surface area contributed by atoms with Crippen LogP contribution < -0.4 is 15.8 Å². The molecule has 2 heterocycles. The Bertz CT molecular complexity index is 1480. The number of aromatic hydroxyl groups is 1. The molecule has 7 unspecified atom stereocenters. The molecule has 1 aromatic heterocycles. The normalized spacial score (nSPS) is 28.6. The van der Waals surface area contributed by atoms with Gasteiger partial charge in [0.2, 0.25) is 0 Å². The van der Waals surface area contributed by atoms with Crippen LogP contribution in [0.15, 0.2) is 65.7 Å². The largest absolute Gasteiger partial charge is 0.504 e.